The van der Waals surface area contributed by atoms with E-state index in [1.165, 1.54) is 6.20 Å². The lowest BCUT2D eigenvalue weighted by atomic mass is 10.2. The monoisotopic (exact) mass is 185 g/mol. The molecule has 1 heterocycles. The number of aromatic nitrogens is 2. The quantitative estimate of drug-likeness (QED) is 0.671. The molecule has 0 spiro atoms. The zero-order valence-corrected chi connectivity index (χ0v) is 7.84. The minimum Gasteiger partial charge on any atom is -0.470 e. The third-order valence-electron chi connectivity index (χ3n) is 1.15. The Hall–Kier alpha value is -1.39. The molecular weight excluding hydrogens is 173 g/mol. The van der Waals surface area contributed by atoms with Gasteiger partial charge in [0.15, 0.2) is 0 Å². The number of rotatable bonds is 1. The molecule has 5 heteroatoms. The van der Waals surface area contributed by atoms with Gasteiger partial charge in [-0.25, -0.2) is 4.98 Å². The Labute approximate surface area is 75.9 Å². The van der Waals surface area contributed by atoms with Gasteiger partial charge in [-0.05, 0) is 20.8 Å². The normalized spacial score (nSPS) is 11.4. The summed E-state index contributed by atoms with van der Waals surface area (Å²) in [5.41, 5.74) is 5.26. The van der Waals surface area contributed by atoms with E-state index in [4.69, 9.17) is 10.5 Å². The van der Waals surface area contributed by atoms with Crippen LogP contribution in [0.25, 0.3) is 0 Å². The van der Waals surface area contributed by atoms with Gasteiger partial charge in [-0.1, -0.05) is 0 Å². The van der Waals surface area contributed by atoms with Crippen molar-refractivity contribution in [2.45, 2.75) is 26.4 Å². The summed E-state index contributed by atoms with van der Waals surface area (Å²) >= 11 is 0. The molecule has 1 rings (SSSR count). The molecule has 0 bridgehead atoms. The highest BCUT2D eigenvalue weighted by Crippen LogP contribution is 2.21. The van der Waals surface area contributed by atoms with E-state index in [2.05, 4.69) is 9.97 Å². The van der Waals surface area contributed by atoms with E-state index in [1.807, 2.05) is 20.8 Å². The summed E-state index contributed by atoms with van der Waals surface area (Å²) < 4.78 is 17.9. The highest BCUT2D eigenvalue weighted by Gasteiger charge is 2.15. The predicted octanol–water partition coefficient (Wildman–Crippen LogP) is 1.38. The topological polar surface area (TPSA) is 61.0 Å². The van der Waals surface area contributed by atoms with Crippen LogP contribution in [-0.4, -0.2) is 15.6 Å². The lowest BCUT2D eigenvalue weighted by molar-refractivity contribution is 0.123. The third kappa shape index (κ3) is 2.85. The number of halogens is 1. The molecule has 0 aliphatic heterocycles. The Kier molecular flexibility index (Phi) is 2.36. The van der Waals surface area contributed by atoms with Crippen molar-refractivity contribution in [3.05, 3.63) is 12.3 Å². The van der Waals surface area contributed by atoms with Crippen molar-refractivity contribution in [2.75, 3.05) is 5.73 Å². The molecule has 0 atom stereocenters. The molecule has 0 fully saturated rings. The highest BCUT2D eigenvalue weighted by molar-refractivity contribution is 5.45. The number of hydrogen-bond donors (Lipinski definition) is 1. The average molecular weight is 185 g/mol. The number of anilines is 1. The zero-order valence-electron chi connectivity index (χ0n) is 7.84. The molecule has 0 unspecified atom stereocenters. The summed E-state index contributed by atoms with van der Waals surface area (Å²) in [5.74, 6) is 0.0833. The molecule has 2 N–H and O–H groups in total. The molecule has 0 aliphatic carbocycles. The standard InChI is InChI=1S/C8H12FN3O/c1-8(2,3)13-6-5(10)4-11-7(9)12-6/h4H,10H2,1-3H3. The fourth-order valence-electron chi connectivity index (χ4n) is 0.727. The Morgan fingerprint density at radius 2 is 2.08 bits per heavy atom. The lowest BCUT2D eigenvalue weighted by Gasteiger charge is -2.20. The first-order valence-electron chi connectivity index (χ1n) is 3.85. The van der Waals surface area contributed by atoms with Crippen molar-refractivity contribution in [2.24, 2.45) is 0 Å². The molecule has 0 aromatic carbocycles. The summed E-state index contributed by atoms with van der Waals surface area (Å²) in [6.07, 6.45) is 0.345. The maximum Gasteiger partial charge on any atom is 0.311 e. The third-order valence-corrected chi connectivity index (χ3v) is 1.15. The van der Waals surface area contributed by atoms with Crippen molar-refractivity contribution < 1.29 is 9.13 Å². The number of nitrogens with two attached hydrogens (primary N) is 1. The predicted molar refractivity (Wildman–Crippen MR) is 46.8 cm³/mol. The number of nitrogen functional groups attached to an aromatic ring is 1. The van der Waals surface area contributed by atoms with Crippen LogP contribution in [0.3, 0.4) is 0 Å². The second-order valence-corrected chi connectivity index (χ2v) is 3.61. The molecule has 0 saturated carbocycles. The van der Waals surface area contributed by atoms with E-state index in [0.717, 1.165) is 0 Å². The van der Waals surface area contributed by atoms with Crippen LogP contribution < -0.4 is 10.5 Å². The van der Waals surface area contributed by atoms with Crippen LogP contribution in [0, 0.1) is 6.08 Å². The second kappa shape index (κ2) is 3.16. The van der Waals surface area contributed by atoms with Crippen molar-refractivity contribution in [3.8, 4) is 5.88 Å². The van der Waals surface area contributed by atoms with E-state index < -0.39 is 11.7 Å². The van der Waals surface area contributed by atoms with E-state index in [-0.39, 0.29) is 11.6 Å². The molecule has 1 aromatic heterocycles. The molecule has 0 amide bonds. The van der Waals surface area contributed by atoms with Crippen LogP contribution in [0.2, 0.25) is 0 Å². The van der Waals surface area contributed by atoms with E-state index in [1.54, 1.807) is 0 Å². The second-order valence-electron chi connectivity index (χ2n) is 3.61. The fraction of sp³-hybridized carbons (Fsp3) is 0.500. The molecule has 1 aromatic rings. The fourth-order valence-corrected chi connectivity index (χ4v) is 0.727. The first kappa shape index (κ1) is 9.70. The van der Waals surface area contributed by atoms with Gasteiger partial charge in [0.05, 0.1) is 6.20 Å². The molecule has 72 valence electrons. The minimum atomic E-state index is -0.839. The van der Waals surface area contributed by atoms with Crippen LogP contribution in [0.1, 0.15) is 20.8 Å². The van der Waals surface area contributed by atoms with Crippen molar-refractivity contribution in [3.63, 3.8) is 0 Å². The van der Waals surface area contributed by atoms with Gasteiger partial charge in [0.1, 0.15) is 11.3 Å². The van der Waals surface area contributed by atoms with E-state index in [0.29, 0.717) is 0 Å². The summed E-state index contributed by atoms with van der Waals surface area (Å²) in [7, 11) is 0. The first-order chi connectivity index (χ1) is 5.88. The van der Waals surface area contributed by atoms with Crippen LogP contribution in [0.4, 0.5) is 10.1 Å². The van der Waals surface area contributed by atoms with Crippen molar-refractivity contribution in [1.82, 2.24) is 9.97 Å². The SMILES string of the molecule is CC(C)(C)Oc1nc(F)ncc1N. The Bertz CT molecular complexity index is 309. The van der Waals surface area contributed by atoms with Gasteiger partial charge in [-0.3, -0.25) is 0 Å². The van der Waals surface area contributed by atoms with Gasteiger partial charge >= 0.3 is 6.08 Å². The van der Waals surface area contributed by atoms with E-state index >= 15 is 0 Å². The zero-order chi connectivity index (χ0) is 10.1. The molecule has 13 heavy (non-hydrogen) atoms. The van der Waals surface area contributed by atoms with Crippen molar-refractivity contribution >= 4 is 5.69 Å². The molecular formula is C8H12FN3O. The largest absolute Gasteiger partial charge is 0.470 e. The van der Waals surface area contributed by atoms with Crippen LogP contribution in [-0.2, 0) is 0 Å². The Morgan fingerprint density at radius 1 is 1.46 bits per heavy atom. The highest BCUT2D eigenvalue weighted by atomic mass is 19.1. The average Bonchev–Trinajstić information content (AvgIpc) is 1.94. The van der Waals surface area contributed by atoms with Gasteiger partial charge in [0, 0.05) is 0 Å². The van der Waals surface area contributed by atoms with E-state index in [9.17, 15) is 4.39 Å². The summed E-state index contributed by atoms with van der Waals surface area (Å²) in [6, 6.07) is 0. The minimum absolute atomic E-state index is 0.0833. The molecule has 0 radical (unpaired) electrons. The number of nitrogens with zero attached hydrogens (tertiary/aromatic N) is 2. The maximum absolute atomic E-state index is 12.6. The summed E-state index contributed by atoms with van der Waals surface area (Å²) in [4.78, 5) is 6.72. The van der Waals surface area contributed by atoms with Gasteiger partial charge < -0.3 is 10.5 Å². The van der Waals surface area contributed by atoms with Crippen LogP contribution >= 0.6 is 0 Å². The Morgan fingerprint density at radius 3 is 2.62 bits per heavy atom. The van der Waals surface area contributed by atoms with Crippen LogP contribution in [0.5, 0.6) is 5.88 Å². The Balaban J connectivity index is 2.94. The maximum atomic E-state index is 12.6. The van der Waals surface area contributed by atoms with Crippen LogP contribution in [0.15, 0.2) is 6.20 Å². The number of ether oxygens (including phenoxy) is 1. The first-order valence-corrected chi connectivity index (χ1v) is 3.85. The van der Waals surface area contributed by atoms with Gasteiger partial charge in [-0.2, -0.15) is 9.37 Å². The molecule has 4 nitrogen and oxygen atoms in total. The lowest BCUT2D eigenvalue weighted by Crippen LogP contribution is -2.24. The molecule has 0 saturated heterocycles. The summed E-state index contributed by atoms with van der Waals surface area (Å²) in [6.45, 7) is 5.48. The summed E-state index contributed by atoms with van der Waals surface area (Å²) in [5, 5.41) is 0. The van der Waals surface area contributed by atoms with Gasteiger partial charge in [0.25, 0.3) is 0 Å². The van der Waals surface area contributed by atoms with Gasteiger partial charge in [0.2, 0.25) is 5.88 Å². The smallest absolute Gasteiger partial charge is 0.311 e. The van der Waals surface area contributed by atoms with Crippen molar-refractivity contribution in [1.29, 1.82) is 0 Å². The van der Waals surface area contributed by atoms with Gasteiger partial charge in [-0.15, -0.1) is 0 Å². The molecule has 0 aliphatic rings. The number of hydrogen-bond acceptors (Lipinski definition) is 4.